The Hall–Kier alpha value is -0.990. The summed E-state index contributed by atoms with van der Waals surface area (Å²) in [5, 5.41) is 2.17. The molecular formula is C15H19ClN2. The van der Waals surface area contributed by atoms with Crippen LogP contribution >= 0.6 is 11.6 Å². The molecule has 1 aliphatic heterocycles. The highest BCUT2D eigenvalue weighted by Crippen LogP contribution is 2.27. The summed E-state index contributed by atoms with van der Waals surface area (Å²) in [7, 11) is 0. The molecule has 18 heavy (non-hydrogen) atoms. The van der Waals surface area contributed by atoms with Gasteiger partial charge in [-0.15, -0.1) is 0 Å². The number of rotatable bonds is 1. The van der Waals surface area contributed by atoms with Crippen LogP contribution in [0.2, 0.25) is 5.02 Å². The number of benzene rings is 1. The summed E-state index contributed by atoms with van der Waals surface area (Å²) in [6.07, 6.45) is 3.53. The molecule has 0 atom stereocenters. The van der Waals surface area contributed by atoms with Crippen LogP contribution in [0.1, 0.15) is 24.6 Å². The highest BCUT2D eigenvalue weighted by molar-refractivity contribution is 6.31. The van der Waals surface area contributed by atoms with Crippen LogP contribution in [-0.2, 0) is 12.8 Å². The van der Waals surface area contributed by atoms with Crippen molar-refractivity contribution in [3.05, 3.63) is 34.5 Å². The standard InChI is InChI=1S/C15H19ClN2/c1-2-18-8-3-4-14-13(7-9-18)12-6-5-11(16)10-15(12)17-14/h5-6,10,17H,2-4,7-9H2,1H3. The second kappa shape index (κ2) is 4.94. The third-order valence-electron chi connectivity index (χ3n) is 3.98. The highest BCUT2D eigenvalue weighted by atomic mass is 35.5. The fourth-order valence-electron chi connectivity index (χ4n) is 2.96. The molecule has 1 aromatic heterocycles. The van der Waals surface area contributed by atoms with Gasteiger partial charge in [-0.1, -0.05) is 24.6 Å². The van der Waals surface area contributed by atoms with Gasteiger partial charge in [0.05, 0.1) is 0 Å². The van der Waals surface area contributed by atoms with Crippen LogP contribution in [0.15, 0.2) is 18.2 Å². The number of nitrogens with zero attached hydrogens (tertiary/aromatic N) is 1. The quantitative estimate of drug-likeness (QED) is 0.832. The summed E-state index contributed by atoms with van der Waals surface area (Å²) in [5.74, 6) is 0. The van der Waals surface area contributed by atoms with Gasteiger partial charge in [0.1, 0.15) is 0 Å². The molecule has 0 amide bonds. The minimum Gasteiger partial charge on any atom is -0.358 e. The monoisotopic (exact) mass is 262 g/mol. The van der Waals surface area contributed by atoms with E-state index in [-0.39, 0.29) is 0 Å². The lowest BCUT2D eigenvalue weighted by Gasteiger charge is -2.22. The van der Waals surface area contributed by atoms with Crippen LogP contribution < -0.4 is 0 Å². The number of halogens is 1. The van der Waals surface area contributed by atoms with Gasteiger partial charge < -0.3 is 9.88 Å². The number of H-pyrrole nitrogens is 1. The molecule has 0 bridgehead atoms. The molecule has 2 heterocycles. The Morgan fingerprint density at radius 2 is 2.17 bits per heavy atom. The molecular weight excluding hydrogens is 244 g/mol. The van der Waals surface area contributed by atoms with E-state index >= 15 is 0 Å². The number of aromatic amines is 1. The Balaban J connectivity index is 2.02. The summed E-state index contributed by atoms with van der Waals surface area (Å²) in [6, 6.07) is 6.19. The van der Waals surface area contributed by atoms with Gasteiger partial charge >= 0.3 is 0 Å². The van der Waals surface area contributed by atoms with E-state index in [2.05, 4.69) is 22.9 Å². The Morgan fingerprint density at radius 1 is 1.28 bits per heavy atom. The van der Waals surface area contributed by atoms with E-state index < -0.39 is 0 Å². The number of fused-ring (bicyclic) bond motifs is 3. The zero-order chi connectivity index (χ0) is 12.5. The number of aryl methyl sites for hydroxylation is 1. The van der Waals surface area contributed by atoms with Gasteiger partial charge in [0, 0.05) is 28.2 Å². The van der Waals surface area contributed by atoms with Gasteiger partial charge in [-0.3, -0.25) is 0 Å². The van der Waals surface area contributed by atoms with Gasteiger partial charge in [0.2, 0.25) is 0 Å². The summed E-state index contributed by atoms with van der Waals surface area (Å²) >= 11 is 6.06. The summed E-state index contributed by atoms with van der Waals surface area (Å²) in [4.78, 5) is 6.09. The Bertz CT molecular complexity index is 559. The maximum absolute atomic E-state index is 6.06. The van der Waals surface area contributed by atoms with Crippen molar-refractivity contribution < 1.29 is 0 Å². The van der Waals surface area contributed by atoms with E-state index in [9.17, 15) is 0 Å². The molecule has 96 valence electrons. The van der Waals surface area contributed by atoms with E-state index in [1.165, 1.54) is 41.7 Å². The lowest BCUT2D eigenvalue weighted by molar-refractivity contribution is 0.283. The van der Waals surface area contributed by atoms with E-state index in [1.807, 2.05) is 12.1 Å². The zero-order valence-corrected chi connectivity index (χ0v) is 11.6. The maximum atomic E-state index is 6.06. The molecule has 3 rings (SSSR count). The average Bonchev–Trinajstić information content (AvgIpc) is 2.66. The lowest BCUT2D eigenvalue weighted by Crippen LogP contribution is -2.29. The van der Waals surface area contributed by atoms with Gasteiger partial charge in [-0.2, -0.15) is 0 Å². The minimum atomic E-state index is 0.812. The fourth-order valence-corrected chi connectivity index (χ4v) is 3.13. The topological polar surface area (TPSA) is 19.0 Å². The van der Waals surface area contributed by atoms with Crippen molar-refractivity contribution in [1.82, 2.24) is 9.88 Å². The normalized spacial score (nSPS) is 17.4. The summed E-state index contributed by atoms with van der Waals surface area (Å²) in [6.45, 7) is 5.78. The maximum Gasteiger partial charge on any atom is 0.0473 e. The van der Waals surface area contributed by atoms with Crippen LogP contribution in [0.3, 0.4) is 0 Å². The first-order chi connectivity index (χ1) is 8.78. The van der Waals surface area contributed by atoms with Crippen molar-refractivity contribution in [2.45, 2.75) is 26.2 Å². The van der Waals surface area contributed by atoms with Crippen molar-refractivity contribution in [2.24, 2.45) is 0 Å². The molecule has 2 nitrogen and oxygen atoms in total. The van der Waals surface area contributed by atoms with E-state index in [0.29, 0.717) is 0 Å². The third-order valence-corrected chi connectivity index (χ3v) is 4.22. The van der Waals surface area contributed by atoms with Crippen LogP contribution in [0.5, 0.6) is 0 Å². The Morgan fingerprint density at radius 3 is 3.00 bits per heavy atom. The van der Waals surface area contributed by atoms with Gasteiger partial charge in [-0.05, 0) is 50.0 Å². The predicted octanol–water partition coefficient (Wildman–Crippen LogP) is 3.63. The third kappa shape index (κ3) is 2.15. The first-order valence-electron chi connectivity index (χ1n) is 6.79. The molecule has 0 radical (unpaired) electrons. The van der Waals surface area contributed by atoms with Crippen molar-refractivity contribution in [3.63, 3.8) is 0 Å². The SMILES string of the molecule is CCN1CCCc2[nH]c3cc(Cl)ccc3c2CC1. The molecule has 2 aromatic rings. The largest absolute Gasteiger partial charge is 0.358 e. The number of likely N-dealkylation sites (N-methyl/N-ethyl adjacent to an activating group) is 1. The van der Waals surface area contributed by atoms with Crippen molar-refractivity contribution in [2.75, 3.05) is 19.6 Å². The number of hydrogen-bond acceptors (Lipinski definition) is 1. The molecule has 0 aliphatic carbocycles. The Kier molecular flexibility index (Phi) is 3.31. The molecule has 0 unspecified atom stereocenters. The molecule has 3 heteroatoms. The van der Waals surface area contributed by atoms with E-state index in [0.717, 1.165) is 24.4 Å². The summed E-state index contributed by atoms with van der Waals surface area (Å²) < 4.78 is 0. The molecule has 0 saturated carbocycles. The average molecular weight is 263 g/mol. The predicted molar refractivity (Wildman–Crippen MR) is 77.4 cm³/mol. The van der Waals surface area contributed by atoms with Gasteiger partial charge in [-0.25, -0.2) is 0 Å². The highest BCUT2D eigenvalue weighted by Gasteiger charge is 2.15. The smallest absolute Gasteiger partial charge is 0.0473 e. The number of aromatic nitrogens is 1. The Labute approximate surface area is 113 Å². The van der Waals surface area contributed by atoms with Crippen LogP contribution in [0, 0.1) is 0 Å². The van der Waals surface area contributed by atoms with Gasteiger partial charge in [0.25, 0.3) is 0 Å². The zero-order valence-electron chi connectivity index (χ0n) is 10.8. The van der Waals surface area contributed by atoms with Crippen molar-refractivity contribution >= 4 is 22.5 Å². The molecule has 1 aliphatic rings. The van der Waals surface area contributed by atoms with Crippen molar-refractivity contribution in [3.8, 4) is 0 Å². The number of hydrogen-bond donors (Lipinski definition) is 1. The minimum absolute atomic E-state index is 0.812. The molecule has 0 saturated heterocycles. The molecule has 0 spiro atoms. The van der Waals surface area contributed by atoms with Crippen LogP contribution in [0.25, 0.3) is 10.9 Å². The van der Waals surface area contributed by atoms with Crippen LogP contribution in [0.4, 0.5) is 0 Å². The second-order valence-corrected chi connectivity index (χ2v) is 5.50. The second-order valence-electron chi connectivity index (χ2n) is 5.06. The molecule has 1 N–H and O–H groups in total. The molecule has 0 fully saturated rings. The lowest BCUT2D eigenvalue weighted by atomic mass is 10.0. The first kappa shape index (κ1) is 12.1. The van der Waals surface area contributed by atoms with E-state index in [1.54, 1.807) is 0 Å². The van der Waals surface area contributed by atoms with E-state index in [4.69, 9.17) is 11.6 Å². The summed E-state index contributed by atoms with van der Waals surface area (Å²) in [5.41, 5.74) is 4.11. The van der Waals surface area contributed by atoms with Crippen molar-refractivity contribution in [1.29, 1.82) is 0 Å². The first-order valence-corrected chi connectivity index (χ1v) is 7.17. The fraction of sp³-hybridized carbons (Fsp3) is 0.467. The number of nitrogens with one attached hydrogen (secondary N) is 1. The molecule has 1 aromatic carbocycles. The van der Waals surface area contributed by atoms with Gasteiger partial charge in [0.15, 0.2) is 0 Å². The van der Waals surface area contributed by atoms with Crippen LogP contribution in [-0.4, -0.2) is 29.5 Å².